The van der Waals surface area contributed by atoms with Crippen LogP contribution in [-0.4, -0.2) is 25.1 Å². The fourth-order valence-electron chi connectivity index (χ4n) is 3.19. The molecule has 2 N–H and O–H groups in total. The minimum atomic E-state index is -1.20. The Morgan fingerprint density at radius 1 is 0.818 bits per heavy atom. The number of hydrogen-bond donors (Lipinski definition) is 1. The Balaban J connectivity index is 1.90. The monoisotopic (exact) mass is 449 g/mol. The van der Waals surface area contributed by atoms with Gasteiger partial charge in [0.2, 0.25) is 0 Å². The van der Waals surface area contributed by atoms with Gasteiger partial charge in [-0.1, -0.05) is 66.7 Å². The van der Waals surface area contributed by atoms with Crippen LogP contribution in [0.5, 0.6) is 11.5 Å². The first-order chi connectivity index (χ1) is 16.0. The van der Waals surface area contributed by atoms with Crippen molar-refractivity contribution in [1.29, 1.82) is 0 Å². The quantitative estimate of drug-likeness (QED) is 0.468. The van der Waals surface area contributed by atoms with Crippen LogP contribution in [-0.2, 0) is 32.3 Å². The van der Waals surface area contributed by atoms with Crippen molar-refractivity contribution in [3.8, 4) is 11.5 Å². The molecule has 0 spiro atoms. The molecular formula is C26H27NO6. The molecule has 7 heteroatoms. The van der Waals surface area contributed by atoms with Crippen molar-refractivity contribution in [2.24, 2.45) is 5.73 Å². The highest BCUT2D eigenvalue weighted by Crippen LogP contribution is 2.34. The van der Waals surface area contributed by atoms with Crippen LogP contribution in [0.4, 0.5) is 0 Å². The first-order valence-corrected chi connectivity index (χ1v) is 10.5. The molecule has 0 aromatic heterocycles. The van der Waals surface area contributed by atoms with Gasteiger partial charge in [-0.05, 0) is 28.8 Å². The number of ether oxygens (including phenoxy) is 4. The second-order valence-corrected chi connectivity index (χ2v) is 7.33. The first-order valence-electron chi connectivity index (χ1n) is 10.5. The lowest BCUT2D eigenvalue weighted by Crippen LogP contribution is -2.39. The highest BCUT2D eigenvalue weighted by Gasteiger charge is 2.30. The Morgan fingerprint density at radius 3 is 1.88 bits per heavy atom. The van der Waals surface area contributed by atoms with E-state index < -0.39 is 24.1 Å². The van der Waals surface area contributed by atoms with Crippen LogP contribution >= 0.6 is 0 Å². The third-order valence-electron chi connectivity index (χ3n) is 4.86. The zero-order valence-electron chi connectivity index (χ0n) is 18.6. The number of methoxy groups -OCH3 is 1. The Kier molecular flexibility index (Phi) is 8.43. The summed E-state index contributed by atoms with van der Waals surface area (Å²) in [4.78, 5) is 23.7. The lowest BCUT2D eigenvalue weighted by Gasteiger charge is -2.23. The van der Waals surface area contributed by atoms with Gasteiger partial charge in [0.05, 0.1) is 7.11 Å². The van der Waals surface area contributed by atoms with Gasteiger partial charge < -0.3 is 24.7 Å². The number of esters is 2. The molecule has 0 bridgehead atoms. The third-order valence-corrected chi connectivity index (χ3v) is 4.86. The summed E-state index contributed by atoms with van der Waals surface area (Å²) in [5.74, 6) is -0.332. The molecule has 0 aliphatic rings. The maximum atomic E-state index is 12.0. The van der Waals surface area contributed by atoms with Gasteiger partial charge in [-0.15, -0.1) is 0 Å². The van der Waals surface area contributed by atoms with Crippen molar-refractivity contribution < 1.29 is 28.5 Å². The molecule has 0 aliphatic heterocycles. The zero-order chi connectivity index (χ0) is 23.6. The number of nitrogens with two attached hydrogens (primary N) is 1. The highest BCUT2D eigenvalue weighted by atomic mass is 16.6. The third kappa shape index (κ3) is 6.82. The van der Waals surface area contributed by atoms with E-state index in [0.717, 1.165) is 11.1 Å². The maximum absolute atomic E-state index is 12.0. The average molecular weight is 450 g/mol. The largest absolute Gasteiger partial charge is 0.485 e. The van der Waals surface area contributed by atoms with E-state index in [1.54, 1.807) is 18.2 Å². The van der Waals surface area contributed by atoms with E-state index in [-0.39, 0.29) is 0 Å². The summed E-state index contributed by atoms with van der Waals surface area (Å²) in [6.45, 7) is 1.89. The van der Waals surface area contributed by atoms with Gasteiger partial charge >= 0.3 is 11.9 Å². The van der Waals surface area contributed by atoms with E-state index in [2.05, 4.69) is 0 Å². The predicted octanol–water partition coefficient (Wildman–Crippen LogP) is 3.95. The second-order valence-electron chi connectivity index (χ2n) is 7.33. The van der Waals surface area contributed by atoms with Gasteiger partial charge in [-0.3, -0.25) is 9.59 Å². The van der Waals surface area contributed by atoms with Crippen LogP contribution in [0.25, 0.3) is 0 Å². The van der Waals surface area contributed by atoms with Crippen LogP contribution < -0.4 is 15.2 Å². The molecule has 33 heavy (non-hydrogen) atoms. The van der Waals surface area contributed by atoms with Crippen molar-refractivity contribution in [3.05, 3.63) is 95.6 Å². The van der Waals surface area contributed by atoms with E-state index in [9.17, 15) is 9.59 Å². The smallest absolute Gasteiger partial charge is 0.326 e. The Morgan fingerprint density at radius 2 is 1.36 bits per heavy atom. The molecule has 0 unspecified atom stereocenters. The summed E-state index contributed by atoms with van der Waals surface area (Å²) in [6.07, 6.45) is -1.04. The molecule has 0 saturated carbocycles. The van der Waals surface area contributed by atoms with E-state index >= 15 is 0 Å². The first kappa shape index (κ1) is 23.8. The van der Waals surface area contributed by atoms with Gasteiger partial charge in [0.25, 0.3) is 0 Å². The standard InChI is InChI=1S/C26H27NO6/c1-18(28)33-25(24(27)26(29)30-2)21-13-14-22(31-16-19-9-5-3-6-10-19)23(15-21)32-17-20-11-7-4-8-12-20/h3-15,24-25H,16-17,27H2,1-2H3/t24-,25+/m0/s1. The van der Waals surface area contributed by atoms with Gasteiger partial charge in [0, 0.05) is 6.92 Å². The normalized spacial score (nSPS) is 12.3. The molecule has 0 saturated heterocycles. The summed E-state index contributed by atoms with van der Waals surface area (Å²) in [6, 6.07) is 23.3. The SMILES string of the molecule is COC(=O)[C@@H](N)[C@H](OC(C)=O)c1ccc(OCc2ccccc2)c(OCc2ccccc2)c1. The molecular weight excluding hydrogens is 422 g/mol. The van der Waals surface area contributed by atoms with Crippen molar-refractivity contribution in [1.82, 2.24) is 0 Å². The molecule has 7 nitrogen and oxygen atoms in total. The van der Waals surface area contributed by atoms with Gasteiger partial charge in [-0.25, -0.2) is 0 Å². The maximum Gasteiger partial charge on any atom is 0.326 e. The predicted molar refractivity (Wildman–Crippen MR) is 122 cm³/mol. The molecule has 0 amide bonds. The van der Waals surface area contributed by atoms with Crippen LogP contribution in [0.2, 0.25) is 0 Å². The zero-order valence-corrected chi connectivity index (χ0v) is 18.6. The van der Waals surface area contributed by atoms with E-state index in [4.69, 9.17) is 24.7 Å². The summed E-state index contributed by atoms with van der Waals surface area (Å²) in [5, 5.41) is 0. The van der Waals surface area contributed by atoms with E-state index in [1.807, 2.05) is 60.7 Å². The van der Waals surface area contributed by atoms with Crippen LogP contribution in [0.15, 0.2) is 78.9 Å². The average Bonchev–Trinajstić information content (AvgIpc) is 2.85. The molecule has 3 rings (SSSR count). The van der Waals surface area contributed by atoms with E-state index in [0.29, 0.717) is 30.3 Å². The summed E-state index contributed by atoms with van der Waals surface area (Å²) in [7, 11) is 1.22. The Labute approximate surface area is 193 Å². The molecule has 0 radical (unpaired) electrons. The molecule has 2 atom stereocenters. The van der Waals surface area contributed by atoms with Gasteiger partial charge in [-0.2, -0.15) is 0 Å². The lowest BCUT2D eigenvalue weighted by molar-refractivity contribution is -0.154. The number of hydrogen-bond acceptors (Lipinski definition) is 7. The number of benzene rings is 3. The summed E-state index contributed by atoms with van der Waals surface area (Å²) < 4.78 is 22.1. The summed E-state index contributed by atoms with van der Waals surface area (Å²) >= 11 is 0. The fraction of sp³-hybridized carbons (Fsp3) is 0.231. The summed E-state index contributed by atoms with van der Waals surface area (Å²) in [5.41, 5.74) is 8.47. The van der Waals surface area contributed by atoms with Gasteiger partial charge in [0.15, 0.2) is 17.6 Å². The molecule has 3 aromatic rings. The molecule has 3 aromatic carbocycles. The van der Waals surface area contributed by atoms with Crippen molar-refractivity contribution in [3.63, 3.8) is 0 Å². The van der Waals surface area contributed by atoms with E-state index in [1.165, 1.54) is 14.0 Å². The minimum absolute atomic E-state index is 0.299. The molecule has 0 aliphatic carbocycles. The molecule has 0 fully saturated rings. The number of carbonyl (C=O) groups is 2. The Hall–Kier alpha value is -3.84. The van der Waals surface area contributed by atoms with Crippen molar-refractivity contribution in [2.45, 2.75) is 32.3 Å². The minimum Gasteiger partial charge on any atom is -0.485 e. The number of carbonyl (C=O) groups excluding carboxylic acids is 2. The lowest BCUT2D eigenvalue weighted by atomic mass is 10.0. The van der Waals surface area contributed by atoms with Crippen LogP contribution in [0.3, 0.4) is 0 Å². The topological polar surface area (TPSA) is 97.1 Å². The second kappa shape index (κ2) is 11.7. The molecule has 0 heterocycles. The number of rotatable bonds is 10. The fourth-order valence-corrected chi connectivity index (χ4v) is 3.19. The van der Waals surface area contributed by atoms with Crippen LogP contribution in [0, 0.1) is 0 Å². The van der Waals surface area contributed by atoms with Gasteiger partial charge in [0.1, 0.15) is 19.3 Å². The van der Waals surface area contributed by atoms with Crippen molar-refractivity contribution in [2.75, 3.05) is 7.11 Å². The highest BCUT2D eigenvalue weighted by molar-refractivity contribution is 5.77. The Bertz CT molecular complexity index is 1050. The molecule has 172 valence electrons. The van der Waals surface area contributed by atoms with Crippen LogP contribution in [0.1, 0.15) is 29.7 Å². The van der Waals surface area contributed by atoms with Crippen molar-refractivity contribution >= 4 is 11.9 Å².